The first-order chi connectivity index (χ1) is 10.6. The summed E-state index contributed by atoms with van der Waals surface area (Å²) >= 11 is 0. The molecule has 0 aromatic carbocycles. The van der Waals surface area contributed by atoms with E-state index >= 15 is 0 Å². The van der Waals surface area contributed by atoms with Crippen molar-refractivity contribution in [3.8, 4) is 0 Å². The van der Waals surface area contributed by atoms with Gasteiger partial charge >= 0.3 is 0 Å². The Bertz CT molecular complexity index is 555. The van der Waals surface area contributed by atoms with Crippen LogP contribution in [0, 0.1) is 5.41 Å². The maximum Gasteiger partial charge on any atom is 0.185 e. The monoisotopic (exact) mass is 330 g/mol. The fourth-order valence-corrected chi connectivity index (χ4v) is 4.75. The molecule has 0 N–H and O–H groups in total. The molecule has 0 spiro atoms. The lowest BCUT2D eigenvalue weighted by Gasteiger charge is -2.39. The van der Waals surface area contributed by atoms with Crippen LogP contribution in [-0.2, 0) is 4.43 Å². The minimum Gasteiger partial charge on any atom is -0.408 e. The average Bonchev–Trinajstić information content (AvgIpc) is 2.44. The van der Waals surface area contributed by atoms with Gasteiger partial charge in [0.05, 0.1) is 6.10 Å². The largest absolute Gasteiger partial charge is 0.408 e. The van der Waals surface area contributed by atoms with Crippen LogP contribution in [0.2, 0.25) is 19.6 Å². The van der Waals surface area contributed by atoms with Gasteiger partial charge in [-0.1, -0.05) is 49.3 Å². The molecule has 1 nitrogen and oxygen atoms in total. The van der Waals surface area contributed by atoms with Crippen LogP contribution >= 0.6 is 0 Å². The van der Waals surface area contributed by atoms with E-state index in [-0.39, 0.29) is 6.10 Å². The van der Waals surface area contributed by atoms with E-state index in [9.17, 15) is 0 Å². The Kier molecular flexibility index (Phi) is 5.58. The second kappa shape index (κ2) is 6.94. The zero-order chi connectivity index (χ0) is 17.3. The van der Waals surface area contributed by atoms with E-state index in [1.165, 1.54) is 30.4 Å². The van der Waals surface area contributed by atoms with Gasteiger partial charge in [-0.15, -0.1) is 0 Å². The standard InChI is InChI=1S/C21H34OSi/c1-8-16(2)14-20(22-23(5,6)7)18-12-11-17-10-9-13-21(3,4)19(17)15-18/h8,12,14,20H,1,9-11,13,15H2,2-7H3/b16-14+. The molecule has 0 bridgehead atoms. The SMILES string of the molecule is C=C/C(C)=C/C(O[Si](C)(C)C)C1=CCC2=C(C1)C(C)(C)CCC2. The highest BCUT2D eigenvalue weighted by Gasteiger charge is 2.33. The summed E-state index contributed by atoms with van der Waals surface area (Å²) in [5.41, 5.74) is 6.41. The second-order valence-corrected chi connectivity index (χ2v) is 13.2. The molecule has 1 atom stereocenters. The first-order valence-electron chi connectivity index (χ1n) is 9.01. The lowest BCUT2D eigenvalue weighted by atomic mass is 9.67. The zero-order valence-corrected chi connectivity index (χ0v) is 17.0. The predicted molar refractivity (Wildman–Crippen MR) is 104 cm³/mol. The van der Waals surface area contributed by atoms with Crippen molar-refractivity contribution in [1.82, 2.24) is 0 Å². The van der Waals surface area contributed by atoms with Crippen LogP contribution in [0.15, 0.2) is 47.1 Å². The lowest BCUT2D eigenvalue weighted by molar-refractivity contribution is 0.267. The van der Waals surface area contributed by atoms with Crippen molar-refractivity contribution in [3.05, 3.63) is 47.1 Å². The molecule has 23 heavy (non-hydrogen) atoms. The van der Waals surface area contributed by atoms with Crippen molar-refractivity contribution < 1.29 is 4.43 Å². The van der Waals surface area contributed by atoms with Gasteiger partial charge in [-0.3, -0.25) is 0 Å². The third-order valence-corrected chi connectivity index (χ3v) is 6.06. The van der Waals surface area contributed by atoms with Gasteiger partial charge < -0.3 is 4.43 Å². The molecule has 0 radical (unpaired) electrons. The summed E-state index contributed by atoms with van der Waals surface area (Å²) in [5.74, 6) is 0. The Hall–Kier alpha value is -0.863. The normalized spacial score (nSPS) is 23.2. The molecule has 0 aliphatic heterocycles. The number of hydrogen-bond donors (Lipinski definition) is 0. The number of rotatable bonds is 5. The Labute approximate surface area is 144 Å². The predicted octanol–water partition coefficient (Wildman–Crippen LogP) is 6.57. The van der Waals surface area contributed by atoms with Gasteiger partial charge in [0.2, 0.25) is 0 Å². The van der Waals surface area contributed by atoms with Gasteiger partial charge in [0.25, 0.3) is 0 Å². The van der Waals surface area contributed by atoms with Gasteiger partial charge in [0.1, 0.15) is 0 Å². The van der Waals surface area contributed by atoms with Crippen molar-refractivity contribution in [2.45, 2.75) is 78.6 Å². The summed E-state index contributed by atoms with van der Waals surface area (Å²) in [6.07, 6.45) is 12.9. The van der Waals surface area contributed by atoms with E-state index in [0.717, 1.165) is 12.8 Å². The molecule has 0 amide bonds. The molecular formula is C21H34OSi. The second-order valence-electron chi connectivity index (χ2n) is 8.75. The third-order valence-electron chi connectivity index (χ3n) is 5.10. The van der Waals surface area contributed by atoms with Crippen LogP contribution in [0.1, 0.15) is 52.9 Å². The molecule has 0 saturated carbocycles. The topological polar surface area (TPSA) is 9.23 Å². The van der Waals surface area contributed by atoms with Crippen LogP contribution in [-0.4, -0.2) is 14.4 Å². The molecular weight excluding hydrogens is 296 g/mol. The average molecular weight is 331 g/mol. The lowest BCUT2D eigenvalue weighted by Crippen LogP contribution is -2.34. The van der Waals surface area contributed by atoms with E-state index in [2.05, 4.69) is 59.1 Å². The fourth-order valence-electron chi connectivity index (χ4n) is 3.77. The fraction of sp³-hybridized carbons (Fsp3) is 0.619. The van der Waals surface area contributed by atoms with E-state index in [1.807, 2.05) is 6.08 Å². The Balaban J connectivity index is 2.27. The highest BCUT2D eigenvalue weighted by Crippen LogP contribution is 2.47. The first-order valence-corrected chi connectivity index (χ1v) is 12.4. The van der Waals surface area contributed by atoms with E-state index < -0.39 is 8.32 Å². The van der Waals surface area contributed by atoms with Gasteiger partial charge in [-0.25, -0.2) is 0 Å². The van der Waals surface area contributed by atoms with Gasteiger partial charge in [-0.2, -0.15) is 0 Å². The number of allylic oxidation sites excluding steroid dienone is 5. The summed E-state index contributed by atoms with van der Waals surface area (Å²) < 4.78 is 6.52. The summed E-state index contributed by atoms with van der Waals surface area (Å²) in [4.78, 5) is 0. The number of hydrogen-bond acceptors (Lipinski definition) is 1. The maximum atomic E-state index is 6.52. The van der Waals surface area contributed by atoms with Crippen LogP contribution in [0.25, 0.3) is 0 Å². The zero-order valence-electron chi connectivity index (χ0n) is 16.0. The molecule has 2 heteroatoms. The first kappa shape index (κ1) is 18.5. The summed E-state index contributed by atoms with van der Waals surface area (Å²) in [7, 11) is -1.60. The van der Waals surface area contributed by atoms with E-state index in [4.69, 9.17) is 4.43 Å². The summed E-state index contributed by atoms with van der Waals surface area (Å²) in [6.45, 7) is 17.7. The van der Waals surface area contributed by atoms with Crippen LogP contribution in [0.4, 0.5) is 0 Å². The maximum absolute atomic E-state index is 6.52. The molecule has 2 aliphatic carbocycles. The Morgan fingerprint density at radius 1 is 1.35 bits per heavy atom. The molecule has 0 heterocycles. The quantitative estimate of drug-likeness (QED) is 0.315. The minimum atomic E-state index is -1.60. The van der Waals surface area contributed by atoms with Crippen molar-refractivity contribution in [1.29, 1.82) is 0 Å². The molecule has 0 saturated heterocycles. The molecule has 1 unspecified atom stereocenters. The molecule has 2 aliphatic rings. The van der Waals surface area contributed by atoms with Gasteiger partial charge in [0.15, 0.2) is 8.32 Å². The van der Waals surface area contributed by atoms with E-state index in [1.54, 1.807) is 11.1 Å². The van der Waals surface area contributed by atoms with Crippen molar-refractivity contribution in [2.24, 2.45) is 5.41 Å². The van der Waals surface area contributed by atoms with Crippen molar-refractivity contribution >= 4 is 8.32 Å². The summed E-state index contributed by atoms with van der Waals surface area (Å²) in [5, 5.41) is 0. The van der Waals surface area contributed by atoms with Crippen molar-refractivity contribution in [2.75, 3.05) is 0 Å². The van der Waals surface area contributed by atoms with Gasteiger partial charge in [-0.05, 0) is 75.7 Å². The smallest absolute Gasteiger partial charge is 0.185 e. The molecule has 128 valence electrons. The van der Waals surface area contributed by atoms with E-state index in [0.29, 0.717) is 5.41 Å². The van der Waals surface area contributed by atoms with Crippen LogP contribution in [0.5, 0.6) is 0 Å². The molecule has 2 rings (SSSR count). The molecule has 0 aromatic rings. The third kappa shape index (κ3) is 4.81. The van der Waals surface area contributed by atoms with Crippen LogP contribution in [0.3, 0.4) is 0 Å². The summed E-state index contributed by atoms with van der Waals surface area (Å²) in [6, 6.07) is 0. The molecule has 0 aromatic heterocycles. The highest BCUT2D eigenvalue weighted by atomic mass is 28.4. The Morgan fingerprint density at radius 3 is 2.65 bits per heavy atom. The highest BCUT2D eigenvalue weighted by molar-refractivity contribution is 6.69. The van der Waals surface area contributed by atoms with Crippen molar-refractivity contribution in [3.63, 3.8) is 0 Å². The van der Waals surface area contributed by atoms with Gasteiger partial charge in [0, 0.05) is 0 Å². The molecule has 0 fully saturated rings. The Morgan fingerprint density at radius 2 is 2.04 bits per heavy atom. The minimum absolute atomic E-state index is 0.117. The van der Waals surface area contributed by atoms with Crippen LogP contribution < -0.4 is 0 Å².